The number of aromatic nitrogens is 2. The van der Waals surface area contributed by atoms with Crippen molar-refractivity contribution in [2.24, 2.45) is 0 Å². The lowest BCUT2D eigenvalue weighted by atomic mass is 10.2. The molecule has 1 aromatic rings. The minimum absolute atomic E-state index is 0.182. The van der Waals surface area contributed by atoms with E-state index < -0.39 is 0 Å². The molecule has 118 valence electrons. The van der Waals surface area contributed by atoms with Crippen LogP contribution in [0.1, 0.15) is 45.1 Å². The average molecular weight is 293 g/mol. The molecule has 2 N–H and O–H groups in total. The van der Waals surface area contributed by atoms with Gasteiger partial charge in [0.15, 0.2) is 0 Å². The monoisotopic (exact) mass is 293 g/mol. The van der Waals surface area contributed by atoms with E-state index in [0.29, 0.717) is 30.1 Å². The Morgan fingerprint density at radius 3 is 2.33 bits per heavy atom. The van der Waals surface area contributed by atoms with E-state index >= 15 is 0 Å². The van der Waals surface area contributed by atoms with Crippen molar-refractivity contribution in [2.75, 3.05) is 25.0 Å². The van der Waals surface area contributed by atoms with Gasteiger partial charge in [-0.3, -0.25) is 9.69 Å². The fourth-order valence-electron chi connectivity index (χ4n) is 2.22. The highest BCUT2D eigenvalue weighted by Crippen LogP contribution is 2.04. The van der Waals surface area contributed by atoms with Crippen LogP contribution in [0.2, 0.25) is 0 Å². The van der Waals surface area contributed by atoms with E-state index in [1.807, 2.05) is 6.92 Å². The Labute approximate surface area is 127 Å². The van der Waals surface area contributed by atoms with Crippen molar-refractivity contribution >= 4 is 11.7 Å². The highest BCUT2D eigenvalue weighted by atomic mass is 16.1. The first-order valence-corrected chi connectivity index (χ1v) is 7.55. The van der Waals surface area contributed by atoms with E-state index in [0.717, 1.165) is 13.1 Å². The fourth-order valence-corrected chi connectivity index (χ4v) is 2.22. The van der Waals surface area contributed by atoms with E-state index in [2.05, 4.69) is 53.2 Å². The average Bonchev–Trinajstić information content (AvgIpc) is 2.43. The lowest BCUT2D eigenvalue weighted by Gasteiger charge is -2.30. The van der Waals surface area contributed by atoms with Crippen LogP contribution < -0.4 is 10.6 Å². The summed E-state index contributed by atoms with van der Waals surface area (Å²) in [6.07, 6.45) is 3.07. The summed E-state index contributed by atoms with van der Waals surface area (Å²) in [5.41, 5.74) is 0.345. The van der Waals surface area contributed by atoms with E-state index in [4.69, 9.17) is 0 Å². The number of nitrogens with zero attached hydrogens (tertiary/aromatic N) is 3. The first-order valence-electron chi connectivity index (χ1n) is 7.55. The predicted octanol–water partition coefficient (Wildman–Crippen LogP) is 1.76. The van der Waals surface area contributed by atoms with Crippen LogP contribution in [0.25, 0.3) is 0 Å². The van der Waals surface area contributed by atoms with Gasteiger partial charge in [-0.1, -0.05) is 0 Å². The summed E-state index contributed by atoms with van der Waals surface area (Å²) < 4.78 is 0. The highest BCUT2D eigenvalue weighted by molar-refractivity contribution is 5.91. The molecule has 21 heavy (non-hydrogen) atoms. The number of hydrogen-bond acceptors (Lipinski definition) is 5. The fraction of sp³-hybridized carbons (Fsp3) is 0.667. The molecular weight excluding hydrogens is 266 g/mol. The second-order valence-corrected chi connectivity index (χ2v) is 5.50. The minimum atomic E-state index is -0.182. The first kappa shape index (κ1) is 17.4. The summed E-state index contributed by atoms with van der Waals surface area (Å²) in [5.74, 6) is 0.498. The maximum absolute atomic E-state index is 12.0. The van der Waals surface area contributed by atoms with Gasteiger partial charge in [0.25, 0.3) is 5.91 Å². The zero-order valence-corrected chi connectivity index (χ0v) is 13.7. The number of amides is 1. The largest absolute Gasteiger partial charge is 0.369 e. The molecule has 0 saturated heterocycles. The zero-order chi connectivity index (χ0) is 15.8. The Kier molecular flexibility index (Phi) is 7.08. The summed E-state index contributed by atoms with van der Waals surface area (Å²) in [6, 6.07) is 0.919. The molecule has 0 atom stereocenters. The molecule has 0 unspecified atom stereocenters. The molecular formula is C15H27N5O. The Bertz CT molecular complexity index is 422. The van der Waals surface area contributed by atoms with E-state index in [1.165, 1.54) is 6.20 Å². The predicted molar refractivity (Wildman–Crippen MR) is 85.5 cm³/mol. The normalized spacial score (nSPS) is 11.2. The summed E-state index contributed by atoms with van der Waals surface area (Å²) in [6.45, 7) is 12.8. The molecule has 6 heteroatoms. The minimum Gasteiger partial charge on any atom is -0.369 e. The lowest BCUT2D eigenvalue weighted by Crippen LogP contribution is -2.42. The highest BCUT2D eigenvalue weighted by Gasteiger charge is 2.14. The smallest absolute Gasteiger partial charge is 0.271 e. The van der Waals surface area contributed by atoms with Gasteiger partial charge < -0.3 is 10.6 Å². The number of anilines is 1. The third kappa shape index (κ3) is 5.67. The van der Waals surface area contributed by atoms with Crippen LogP contribution in [-0.2, 0) is 0 Å². The molecule has 0 bridgehead atoms. The third-order valence-corrected chi connectivity index (χ3v) is 3.22. The molecule has 0 spiro atoms. The first-order chi connectivity index (χ1) is 9.95. The number of hydrogen-bond donors (Lipinski definition) is 2. The van der Waals surface area contributed by atoms with E-state index in [-0.39, 0.29) is 5.91 Å². The van der Waals surface area contributed by atoms with Crippen LogP contribution >= 0.6 is 0 Å². The molecule has 1 aromatic heterocycles. The topological polar surface area (TPSA) is 70.2 Å². The SMILES string of the molecule is CCNc1cnc(C(=O)NCCN(C(C)C)C(C)C)cn1. The number of carbonyl (C=O) groups is 1. The van der Waals surface area contributed by atoms with E-state index in [1.54, 1.807) is 6.20 Å². The second-order valence-electron chi connectivity index (χ2n) is 5.50. The molecule has 1 rings (SSSR count). The van der Waals surface area contributed by atoms with Crippen molar-refractivity contribution in [3.05, 3.63) is 18.1 Å². The number of nitrogens with one attached hydrogen (secondary N) is 2. The Balaban J connectivity index is 2.46. The summed E-state index contributed by atoms with van der Waals surface area (Å²) in [4.78, 5) is 22.6. The van der Waals surface area contributed by atoms with Gasteiger partial charge in [-0.05, 0) is 34.6 Å². The molecule has 0 aromatic carbocycles. The van der Waals surface area contributed by atoms with Gasteiger partial charge in [-0.2, -0.15) is 0 Å². The molecule has 0 aliphatic rings. The lowest BCUT2D eigenvalue weighted by molar-refractivity contribution is 0.0934. The van der Waals surface area contributed by atoms with Crippen molar-refractivity contribution in [1.82, 2.24) is 20.2 Å². The van der Waals surface area contributed by atoms with Crippen molar-refractivity contribution in [1.29, 1.82) is 0 Å². The standard InChI is InChI=1S/C15H27N5O/c1-6-16-14-10-18-13(9-19-14)15(21)17-7-8-20(11(2)3)12(4)5/h9-12H,6-8H2,1-5H3,(H,16,19)(H,17,21). The zero-order valence-electron chi connectivity index (χ0n) is 13.7. The Morgan fingerprint density at radius 1 is 1.19 bits per heavy atom. The molecule has 0 radical (unpaired) electrons. The van der Waals surface area contributed by atoms with Gasteiger partial charge in [-0.15, -0.1) is 0 Å². The van der Waals surface area contributed by atoms with Gasteiger partial charge >= 0.3 is 0 Å². The number of carbonyl (C=O) groups excluding carboxylic acids is 1. The van der Waals surface area contributed by atoms with Crippen LogP contribution in [-0.4, -0.2) is 52.5 Å². The van der Waals surface area contributed by atoms with Crippen LogP contribution in [0.4, 0.5) is 5.82 Å². The van der Waals surface area contributed by atoms with Crippen molar-refractivity contribution in [3.8, 4) is 0 Å². The molecule has 0 aliphatic heterocycles. The van der Waals surface area contributed by atoms with Crippen molar-refractivity contribution in [2.45, 2.75) is 46.7 Å². The maximum Gasteiger partial charge on any atom is 0.271 e. The molecule has 0 fully saturated rings. The Morgan fingerprint density at radius 2 is 1.86 bits per heavy atom. The summed E-state index contributed by atoms with van der Waals surface area (Å²) in [7, 11) is 0. The number of rotatable bonds is 8. The van der Waals surface area contributed by atoms with Gasteiger partial charge in [0.2, 0.25) is 0 Å². The van der Waals surface area contributed by atoms with Gasteiger partial charge in [0, 0.05) is 31.7 Å². The second kappa shape index (κ2) is 8.56. The molecule has 0 aliphatic carbocycles. The van der Waals surface area contributed by atoms with Gasteiger partial charge in [-0.25, -0.2) is 9.97 Å². The van der Waals surface area contributed by atoms with Crippen LogP contribution in [0.3, 0.4) is 0 Å². The van der Waals surface area contributed by atoms with Gasteiger partial charge in [0.05, 0.1) is 12.4 Å². The maximum atomic E-state index is 12.0. The van der Waals surface area contributed by atoms with Crippen LogP contribution in [0, 0.1) is 0 Å². The molecule has 1 heterocycles. The van der Waals surface area contributed by atoms with Crippen molar-refractivity contribution < 1.29 is 4.79 Å². The third-order valence-electron chi connectivity index (χ3n) is 3.22. The molecule has 0 saturated carbocycles. The van der Waals surface area contributed by atoms with E-state index in [9.17, 15) is 4.79 Å². The summed E-state index contributed by atoms with van der Waals surface area (Å²) in [5, 5.41) is 5.93. The summed E-state index contributed by atoms with van der Waals surface area (Å²) >= 11 is 0. The Hall–Kier alpha value is -1.69. The molecule has 1 amide bonds. The van der Waals surface area contributed by atoms with Crippen LogP contribution in [0.5, 0.6) is 0 Å². The quantitative estimate of drug-likeness (QED) is 0.764. The van der Waals surface area contributed by atoms with Crippen LogP contribution in [0.15, 0.2) is 12.4 Å². The van der Waals surface area contributed by atoms with Crippen molar-refractivity contribution in [3.63, 3.8) is 0 Å². The van der Waals surface area contributed by atoms with Gasteiger partial charge in [0.1, 0.15) is 11.5 Å². The molecule has 6 nitrogen and oxygen atoms in total.